The summed E-state index contributed by atoms with van der Waals surface area (Å²) in [6.07, 6.45) is 2.13. The zero-order valence-corrected chi connectivity index (χ0v) is 17.2. The van der Waals surface area contributed by atoms with Crippen molar-refractivity contribution < 1.29 is 23.8 Å². The molecular formula is C22H26N2O5. The predicted octanol–water partition coefficient (Wildman–Crippen LogP) is 2.95. The molecule has 154 valence electrons. The molecule has 2 amide bonds. The fraction of sp³-hybridized carbons (Fsp3) is 0.273. The summed E-state index contributed by atoms with van der Waals surface area (Å²) >= 11 is 0. The van der Waals surface area contributed by atoms with Crippen molar-refractivity contribution in [3.05, 3.63) is 59.2 Å². The summed E-state index contributed by atoms with van der Waals surface area (Å²) in [5.41, 5.74) is 7.48. The minimum Gasteiger partial charge on any atom is -0.493 e. The van der Waals surface area contributed by atoms with E-state index in [1.54, 1.807) is 44.4 Å². The van der Waals surface area contributed by atoms with Crippen molar-refractivity contribution in [1.82, 2.24) is 10.9 Å². The molecule has 0 aliphatic rings. The zero-order valence-electron chi connectivity index (χ0n) is 17.2. The van der Waals surface area contributed by atoms with Gasteiger partial charge in [-0.2, -0.15) is 0 Å². The lowest BCUT2D eigenvalue weighted by atomic mass is 10.1. The lowest BCUT2D eigenvalue weighted by molar-refractivity contribution is -0.131. The second-order valence-corrected chi connectivity index (χ2v) is 6.38. The average Bonchev–Trinajstić information content (AvgIpc) is 2.73. The predicted molar refractivity (Wildman–Crippen MR) is 111 cm³/mol. The molecule has 2 aromatic rings. The topological polar surface area (TPSA) is 85.9 Å². The number of methoxy groups -OCH3 is 2. The number of nitrogens with one attached hydrogen (secondary N) is 2. The highest BCUT2D eigenvalue weighted by atomic mass is 16.5. The Morgan fingerprint density at radius 3 is 2.38 bits per heavy atom. The summed E-state index contributed by atoms with van der Waals surface area (Å²) in [6, 6.07) is 10.9. The van der Waals surface area contributed by atoms with Gasteiger partial charge in [0.15, 0.2) is 17.6 Å². The van der Waals surface area contributed by atoms with Crippen molar-refractivity contribution >= 4 is 17.9 Å². The lowest BCUT2D eigenvalue weighted by Crippen LogP contribution is -2.46. The number of carbonyl (C=O) groups excluding carboxylic acids is 2. The number of amides is 2. The minimum absolute atomic E-state index is 0.459. The van der Waals surface area contributed by atoms with Crippen LogP contribution in [0.3, 0.4) is 0 Å². The van der Waals surface area contributed by atoms with Crippen LogP contribution in [0.2, 0.25) is 0 Å². The van der Waals surface area contributed by atoms with Gasteiger partial charge < -0.3 is 14.2 Å². The number of benzene rings is 2. The molecule has 0 saturated heterocycles. The number of hydrogen-bond acceptors (Lipinski definition) is 5. The van der Waals surface area contributed by atoms with Crippen molar-refractivity contribution in [3.8, 4) is 17.2 Å². The van der Waals surface area contributed by atoms with Gasteiger partial charge in [-0.1, -0.05) is 18.2 Å². The van der Waals surface area contributed by atoms with Crippen LogP contribution in [0, 0.1) is 13.8 Å². The van der Waals surface area contributed by atoms with E-state index in [1.807, 2.05) is 26.0 Å². The van der Waals surface area contributed by atoms with E-state index in [0.717, 1.165) is 16.7 Å². The standard InChI is InChI=1S/C22H26N2O5/c1-14-7-6-8-18(15(14)2)29-16(3)22(26)24-23-21(25)12-10-17-9-11-19(27-4)20(13-17)28-5/h6-13,16H,1-5H3,(H,23,25)(H,24,26)/b12-10+/t16-/m1/s1. The van der Waals surface area contributed by atoms with Crippen molar-refractivity contribution in [2.75, 3.05) is 14.2 Å². The van der Waals surface area contributed by atoms with Gasteiger partial charge >= 0.3 is 0 Å². The smallest absolute Gasteiger partial charge is 0.279 e. The van der Waals surface area contributed by atoms with Crippen LogP contribution >= 0.6 is 0 Å². The number of hydrogen-bond donors (Lipinski definition) is 2. The molecule has 0 saturated carbocycles. The van der Waals surface area contributed by atoms with Crippen LogP contribution in [-0.4, -0.2) is 32.1 Å². The maximum atomic E-state index is 12.2. The quantitative estimate of drug-likeness (QED) is 0.553. The molecule has 0 aromatic heterocycles. The highest BCUT2D eigenvalue weighted by molar-refractivity contribution is 5.93. The van der Waals surface area contributed by atoms with Gasteiger partial charge in [0.05, 0.1) is 14.2 Å². The molecule has 0 fully saturated rings. The van der Waals surface area contributed by atoms with E-state index in [-0.39, 0.29) is 0 Å². The molecule has 0 heterocycles. The van der Waals surface area contributed by atoms with Gasteiger partial charge in [-0.15, -0.1) is 0 Å². The van der Waals surface area contributed by atoms with Crippen molar-refractivity contribution in [1.29, 1.82) is 0 Å². The van der Waals surface area contributed by atoms with Gasteiger partial charge in [-0.05, 0) is 61.7 Å². The Balaban J connectivity index is 1.88. The maximum Gasteiger partial charge on any atom is 0.279 e. The van der Waals surface area contributed by atoms with Gasteiger partial charge in [0.25, 0.3) is 11.8 Å². The first-order valence-electron chi connectivity index (χ1n) is 9.08. The van der Waals surface area contributed by atoms with Crippen LogP contribution in [0.4, 0.5) is 0 Å². The first-order valence-corrected chi connectivity index (χ1v) is 9.08. The fourth-order valence-electron chi connectivity index (χ4n) is 2.49. The van der Waals surface area contributed by atoms with Gasteiger partial charge in [0.2, 0.25) is 0 Å². The molecule has 1 atom stereocenters. The minimum atomic E-state index is -0.773. The Morgan fingerprint density at radius 1 is 0.966 bits per heavy atom. The SMILES string of the molecule is COc1ccc(/C=C/C(=O)NNC(=O)[C@@H](C)Oc2cccc(C)c2C)cc1OC. The van der Waals surface area contributed by atoms with E-state index in [9.17, 15) is 9.59 Å². The Kier molecular flexibility index (Phi) is 7.65. The third-order valence-corrected chi connectivity index (χ3v) is 4.37. The van der Waals surface area contributed by atoms with Crippen LogP contribution in [0.1, 0.15) is 23.6 Å². The molecule has 0 spiro atoms. The molecule has 7 heteroatoms. The molecule has 0 unspecified atom stereocenters. The largest absolute Gasteiger partial charge is 0.493 e. The van der Waals surface area contributed by atoms with Gasteiger partial charge in [0, 0.05) is 6.08 Å². The molecule has 0 bridgehead atoms. The van der Waals surface area contributed by atoms with Crippen molar-refractivity contribution in [3.63, 3.8) is 0 Å². The first kappa shape index (κ1) is 21.8. The summed E-state index contributed by atoms with van der Waals surface area (Å²) in [6.45, 7) is 5.51. The van der Waals surface area contributed by atoms with E-state index in [0.29, 0.717) is 17.2 Å². The number of aryl methyl sites for hydroxylation is 1. The molecule has 2 rings (SSSR count). The summed E-state index contributed by atoms with van der Waals surface area (Å²) in [4.78, 5) is 24.1. The molecule has 2 N–H and O–H groups in total. The third kappa shape index (κ3) is 6.00. The highest BCUT2D eigenvalue weighted by Gasteiger charge is 2.16. The fourth-order valence-corrected chi connectivity index (χ4v) is 2.49. The Labute approximate surface area is 170 Å². The number of ether oxygens (including phenoxy) is 3. The van der Waals surface area contributed by atoms with E-state index < -0.39 is 17.9 Å². The van der Waals surface area contributed by atoms with Crippen LogP contribution in [0.5, 0.6) is 17.2 Å². The summed E-state index contributed by atoms with van der Waals surface area (Å²) in [5, 5.41) is 0. The number of hydrazine groups is 1. The average molecular weight is 398 g/mol. The van der Waals surface area contributed by atoms with Crippen molar-refractivity contribution in [2.24, 2.45) is 0 Å². The number of carbonyl (C=O) groups is 2. The van der Waals surface area contributed by atoms with Gasteiger partial charge in [-0.25, -0.2) is 0 Å². The van der Waals surface area contributed by atoms with Crippen molar-refractivity contribution in [2.45, 2.75) is 26.9 Å². The second-order valence-electron chi connectivity index (χ2n) is 6.38. The monoisotopic (exact) mass is 398 g/mol. The van der Waals surface area contributed by atoms with Gasteiger partial charge in [0.1, 0.15) is 5.75 Å². The Bertz CT molecular complexity index is 908. The second kappa shape index (κ2) is 10.2. The van der Waals surface area contributed by atoms with E-state index in [1.165, 1.54) is 13.2 Å². The zero-order chi connectivity index (χ0) is 21.4. The van der Waals surface area contributed by atoms with Crippen LogP contribution < -0.4 is 25.1 Å². The molecule has 2 aromatic carbocycles. The maximum absolute atomic E-state index is 12.2. The Morgan fingerprint density at radius 2 is 1.69 bits per heavy atom. The molecule has 0 radical (unpaired) electrons. The van der Waals surface area contributed by atoms with Crippen LogP contribution in [0.25, 0.3) is 6.08 Å². The van der Waals surface area contributed by atoms with E-state index in [4.69, 9.17) is 14.2 Å². The Hall–Kier alpha value is -3.48. The lowest BCUT2D eigenvalue weighted by Gasteiger charge is -2.17. The highest BCUT2D eigenvalue weighted by Crippen LogP contribution is 2.28. The summed E-state index contributed by atoms with van der Waals surface area (Å²) in [7, 11) is 3.09. The van der Waals surface area contributed by atoms with Crippen LogP contribution in [-0.2, 0) is 9.59 Å². The third-order valence-electron chi connectivity index (χ3n) is 4.37. The molecule has 0 aliphatic carbocycles. The first-order chi connectivity index (χ1) is 13.8. The summed E-state index contributed by atoms with van der Waals surface area (Å²) in [5.74, 6) is 0.846. The normalized spacial score (nSPS) is 11.6. The van der Waals surface area contributed by atoms with E-state index >= 15 is 0 Å². The summed E-state index contributed by atoms with van der Waals surface area (Å²) < 4.78 is 16.1. The van der Waals surface area contributed by atoms with E-state index in [2.05, 4.69) is 10.9 Å². The van der Waals surface area contributed by atoms with Crippen LogP contribution in [0.15, 0.2) is 42.5 Å². The molecular weight excluding hydrogens is 372 g/mol. The number of rotatable bonds is 7. The van der Waals surface area contributed by atoms with Gasteiger partial charge in [-0.3, -0.25) is 20.4 Å². The molecule has 29 heavy (non-hydrogen) atoms. The molecule has 7 nitrogen and oxygen atoms in total. The molecule has 0 aliphatic heterocycles.